The summed E-state index contributed by atoms with van der Waals surface area (Å²) in [6.07, 6.45) is 7.23. The van der Waals surface area contributed by atoms with Gasteiger partial charge >= 0.3 is 6.03 Å². The van der Waals surface area contributed by atoms with Gasteiger partial charge in [-0.1, -0.05) is 26.2 Å². The Bertz CT molecular complexity index is 1350. The Morgan fingerprint density at radius 1 is 1.00 bits per heavy atom. The molecule has 2 aromatic rings. The van der Waals surface area contributed by atoms with Gasteiger partial charge in [0.05, 0.1) is 37.5 Å². The maximum Gasteiger partial charge on any atom is 0.323 e. The SMILES string of the molecule is COc1ccc(NC(=O)Nc2ccc3c(c2)C(=O)N([C@@H](C)CO)C[C@H](C)[C@H](CN(C)C(=O)C2CCCCC2)OCCCC[C@@H](C)O3)cc1. The lowest BCUT2D eigenvalue weighted by Gasteiger charge is -2.36. The fourth-order valence-electron chi connectivity index (χ4n) is 6.45. The second-order valence-corrected chi connectivity index (χ2v) is 13.4. The first-order valence-electron chi connectivity index (χ1n) is 17.4. The Labute approximate surface area is 285 Å². The largest absolute Gasteiger partial charge is 0.497 e. The van der Waals surface area contributed by atoms with Crippen molar-refractivity contribution in [1.82, 2.24) is 9.80 Å². The van der Waals surface area contributed by atoms with Gasteiger partial charge in [0.15, 0.2) is 0 Å². The summed E-state index contributed by atoms with van der Waals surface area (Å²) in [4.78, 5) is 44.1. The summed E-state index contributed by atoms with van der Waals surface area (Å²) in [5, 5.41) is 15.9. The van der Waals surface area contributed by atoms with Gasteiger partial charge in [0, 0.05) is 50.0 Å². The van der Waals surface area contributed by atoms with E-state index in [1.165, 1.54) is 6.42 Å². The maximum absolute atomic E-state index is 14.4. The third-order valence-corrected chi connectivity index (χ3v) is 9.44. The van der Waals surface area contributed by atoms with E-state index >= 15 is 0 Å². The van der Waals surface area contributed by atoms with E-state index in [-0.39, 0.29) is 48.0 Å². The predicted octanol–water partition coefficient (Wildman–Crippen LogP) is 6.17. The highest BCUT2D eigenvalue weighted by molar-refractivity contribution is 6.02. The number of aliphatic hydroxyl groups excluding tert-OH is 1. The first-order valence-corrected chi connectivity index (χ1v) is 17.4. The Kier molecular flexibility index (Phi) is 13.9. The number of benzene rings is 2. The number of likely N-dealkylation sites (N-methyl/N-ethyl adjacent to an activating group) is 1. The molecule has 0 spiro atoms. The van der Waals surface area contributed by atoms with Crippen molar-refractivity contribution in [1.29, 1.82) is 0 Å². The summed E-state index contributed by atoms with van der Waals surface area (Å²) in [7, 11) is 3.43. The standard InChI is InChI=1S/C37H54N4O7/c1-25-22-41(26(2)24-42)36(44)32-21-30(39-37(45)38-29-14-17-31(46-5)18-15-29)16-19-33(32)48-27(3)11-9-10-20-47-34(25)23-40(4)35(43)28-12-7-6-8-13-28/h14-19,21,25-28,34,42H,6-13,20,22-24H2,1-5H3,(H2,38,39,45)/t25-,26-,27+,34-/m0/s1. The van der Waals surface area contributed by atoms with Crippen LogP contribution in [0.25, 0.3) is 0 Å². The fourth-order valence-corrected chi connectivity index (χ4v) is 6.45. The molecule has 0 bridgehead atoms. The number of carbonyl (C=O) groups excluding carboxylic acids is 3. The highest BCUT2D eigenvalue weighted by Crippen LogP contribution is 2.29. The predicted molar refractivity (Wildman–Crippen MR) is 187 cm³/mol. The van der Waals surface area contributed by atoms with Gasteiger partial charge in [-0.3, -0.25) is 9.59 Å². The van der Waals surface area contributed by atoms with Crippen LogP contribution in [0.1, 0.15) is 82.5 Å². The Hall–Kier alpha value is -3.83. The van der Waals surface area contributed by atoms with Crippen molar-refractivity contribution < 1.29 is 33.7 Å². The molecule has 264 valence electrons. The van der Waals surface area contributed by atoms with Crippen LogP contribution < -0.4 is 20.1 Å². The van der Waals surface area contributed by atoms with E-state index in [0.29, 0.717) is 42.6 Å². The van der Waals surface area contributed by atoms with Gasteiger partial charge in [-0.05, 0) is 88.4 Å². The molecule has 2 aromatic carbocycles. The Morgan fingerprint density at radius 2 is 1.67 bits per heavy atom. The number of ether oxygens (including phenoxy) is 3. The molecule has 0 saturated heterocycles. The van der Waals surface area contributed by atoms with Crippen LogP contribution in [0, 0.1) is 11.8 Å². The molecule has 2 aliphatic rings. The average molecular weight is 667 g/mol. The number of methoxy groups -OCH3 is 1. The number of rotatable bonds is 8. The van der Waals surface area contributed by atoms with Crippen LogP contribution in [0.3, 0.4) is 0 Å². The van der Waals surface area contributed by atoms with E-state index in [2.05, 4.69) is 10.6 Å². The third-order valence-electron chi connectivity index (χ3n) is 9.44. The van der Waals surface area contributed by atoms with Gasteiger partial charge in [-0.25, -0.2) is 4.79 Å². The third kappa shape index (κ3) is 10.3. The van der Waals surface area contributed by atoms with E-state index in [4.69, 9.17) is 14.2 Å². The molecule has 0 radical (unpaired) electrons. The number of aliphatic hydroxyl groups is 1. The second-order valence-electron chi connectivity index (χ2n) is 13.4. The van der Waals surface area contributed by atoms with E-state index in [1.807, 2.05) is 25.8 Å². The van der Waals surface area contributed by atoms with Gasteiger partial charge in [-0.2, -0.15) is 0 Å². The number of carbonyl (C=O) groups is 3. The van der Waals surface area contributed by atoms with Crippen molar-refractivity contribution >= 4 is 29.2 Å². The molecule has 48 heavy (non-hydrogen) atoms. The smallest absolute Gasteiger partial charge is 0.323 e. The van der Waals surface area contributed by atoms with Gasteiger partial charge in [0.25, 0.3) is 5.91 Å². The minimum Gasteiger partial charge on any atom is -0.497 e. The van der Waals surface area contributed by atoms with E-state index in [1.54, 1.807) is 61.4 Å². The van der Waals surface area contributed by atoms with Crippen molar-refractivity contribution in [2.45, 2.75) is 90.4 Å². The van der Waals surface area contributed by atoms with Crippen molar-refractivity contribution in [2.24, 2.45) is 11.8 Å². The average Bonchev–Trinajstić information content (AvgIpc) is 3.09. The molecule has 1 fully saturated rings. The fraction of sp³-hybridized carbons (Fsp3) is 0.595. The number of nitrogens with one attached hydrogen (secondary N) is 2. The lowest BCUT2D eigenvalue weighted by molar-refractivity contribution is -0.137. The minimum atomic E-state index is -0.504. The van der Waals surface area contributed by atoms with Crippen molar-refractivity contribution in [3.8, 4) is 11.5 Å². The first-order chi connectivity index (χ1) is 23.1. The van der Waals surface area contributed by atoms with Crippen LogP contribution >= 0.6 is 0 Å². The molecular formula is C37H54N4O7. The highest BCUT2D eigenvalue weighted by Gasteiger charge is 2.32. The van der Waals surface area contributed by atoms with E-state index < -0.39 is 12.1 Å². The molecule has 0 aromatic heterocycles. The molecule has 11 nitrogen and oxygen atoms in total. The summed E-state index contributed by atoms with van der Waals surface area (Å²) in [5.41, 5.74) is 1.29. The van der Waals surface area contributed by atoms with Crippen LogP contribution in [0.4, 0.5) is 16.2 Å². The number of fused-ring (bicyclic) bond motifs is 1. The van der Waals surface area contributed by atoms with Crippen molar-refractivity contribution in [3.63, 3.8) is 0 Å². The van der Waals surface area contributed by atoms with Crippen molar-refractivity contribution in [3.05, 3.63) is 48.0 Å². The van der Waals surface area contributed by atoms with Gasteiger partial charge < -0.3 is 39.8 Å². The summed E-state index contributed by atoms with van der Waals surface area (Å²) in [5.74, 6) is 0.842. The molecule has 1 saturated carbocycles. The summed E-state index contributed by atoms with van der Waals surface area (Å²) in [6, 6.07) is 11.0. The lowest BCUT2D eigenvalue weighted by Crippen LogP contribution is -2.48. The molecule has 1 aliphatic carbocycles. The molecule has 4 atom stereocenters. The molecule has 4 rings (SSSR count). The topological polar surface area (TPSA) is 130 Å². The Balaban J connectivity index is 1.57. The zero-order valence-electron chi connectivity index (χ0n) is 29.2. The number of nitrogens with zero attached hydrogens (tertiary/aromatic N) is 2. The van der Waals surface area contributed by atoms with Crippen LogP contribution in [0.5, 0.6) is 11.5 Å². The van der Waals surface area contributed by atoms with Crippen molar-refractivity contribution in [2.75, 3.05) is 51.1 Å². The molecule has 0 unspecified atom stereocenters. The van der Waals surface area contributed by atoms with Gasteiger partial charge in [0.1, 0.15) is 11.5 Å². The number of hydrogen-bond donors (Lipinski definition) is 3. The van der Waals surface area contributed by atoms with E-state index in [0.717, 1.165) is 44.9 Å². The number of urea groups is 1. The Morgan fingerprint density at radius 3 is 2.35 bits per heavy atom. The zero-order chi connectivity index (χ0) is 34.6. The van der Waals surface area contributed by atoms with Crippen LogP contribution in [-0.4, -0.2) is 91.5 Å². The molecule has 1 heterocycles. The zero-order valence-corrected chi connectivity index (χ0v) is 29.2. The maximum atomic E-state index is 14.4. The monoisotopic (exact) mass is 666 g/mol. The molecule has 3 N–H and O–H groups in total. The molecule has 1 aliphatic heterocycles. The van der Waals surface area contributed by atoms with E-state index in [9.17, 15) is 19.5 Å². The number of anilines is 2. The number of hydrogen-bond acceptors (Lipinski definition) is 7. The normalized spacial score (nSPS) is 22.0. The van der Waals surface area contributed by atoms with Crippen LogP contribution in [0.15, 0.2) is 42.5 Å². The van der Waals surface area contributed by atoms with Crippen LogP contribution in [-0.2, 0) is 9.53 Å². The first kappa shape index (κ1) is 37.0. The quantitative estimate of drug-likeness (QED) is 0.307. The van der Waals surface area contributed by atoms with Gasteiger partial charge in [0.2, 0.25) is 5.91 Å². The van der Waals surface area contributed by atoms with Crippen LogP contribution in [0.2, 0.25) is 0 Å². The highest BCUT2D eigenvalue weighted by atomic mass is 16.5. The minimum absolute atomic E-state index is 0.0594. The molecule has 11 heteroatoms. The summed E-state index contributed by atoms with van der Waals surface area (Å²) < 4.78 is 17.9. The molecule has 4 amide bonds. The summed E-state index contributed by atoms with van der Waals surface area (Å²) in [6.45, 7) is 6.83. The lowest BCUT2D eigenvalue weighted by atomic mass is 9.88. The second kappa shape index (κ2) is 18.1. The molecular weight excluding hydrogens is 612 g/mol. The van der Waals surface area contributed by atoms with Gasteiger partial charge in [-0.15, -0.1) is 0 Å². The number of amides is 4. The summed E-state index contributed by atoms with van der Waals surface area (Å²) >= 11 is 0.